The third kappa shape index (κ3) is 3.05. The van der Waals surface area contributed by atoms with E-state index in [1.54, 1.807) is 0 Å². The van der Waals surface area contributed by atoms with Crippen molar-refractivity contribution in [2.75, 3.05) is 5.32 Å². The number of pyridine rings is 1. The number of nitrogens with zero attached hydrogens (tertiary/aromatic N) is 3. The molecule has 0 spiro atoms. The average Bonchev–Trinajstić information content (AvgIpc) is 2.42. The molecule has 3 atom stereocenters. The number of hydrogen-bond acceptors (Lipinski definition) is 5. The quantitative estimate of drug-likeness (QED) is 0.675. The molecule has 0 bridgehead atoms. The summed E-state index contributed by atoms with van der Waals surface area (Å²) in [7, 11) is 0. The van der Waals surface area contributed by atoms with Gasteiger partial charge in [0.05, 0.1) is 4.92 Å². The summed E-state index contributed by atoms with van der Waals surface area (Å²) in [6, 6.07) is 3.51. The van der Waals surface area contributed by atoms with Crippen molar-refractivity contribution in [3.63, 3.8) is 0 Å². The van der Waals surface area contributed by atoms with Crippen molar-refractivity contribution in [1.29, 1.82) is 5.26 Å². The average molecular weight is 274 g/mol. The Hall–Kier alpha value is -2.16. The van der Waals surface area contributed by atoms with Gasteiger partial charge in [0, 0.05) is 12.1 Å². The Morgan fingerprint density at radius 2 is 2.25 bits per heavy atom. The minimum atomic E-state index is -0.539. The van der Waals surface area contributed by atoms with Gasteiger partial charge in [0.2, 0.25) is 0 Å². The van der Waals surface area contributed by atoms with Crippen LogP contribution < -0.4 is 5.32 Å². The van der Waals surface area contributed by atoms with Crippen molar-refractivity contribution in [2.45, 2.75) is 39.2 Å². The lowest BCUT2D eigenvalue weighted by atomic mass is 9.80. The topological polar surface area (TPSA) is 91.8 Å². The van der Waals surface area contributed by atoms with Crippen molar-refractivity contribution in [2.24, 2.45) is 11.8 Å². The van der Waals surface area contributed by atoms with Gasteiger partial charge >= 0.3 is 0 Å². The van der Waals surface area contributed by atoms with Crippen molar-refractivity contribution in [1.82, 2.24) is 4.98 Å². The van der Waals surface area contributed by atoms with Crippen LogP contribution in [0, 0.1) is 33.3 Å². The molecule has 1 aromatic rings. The van der Waals surface area contributed by atoms with Gasteiger partial charge in [0.15, 0.2) is 0 Å². The van der Waals surface area contributed by atoms with Gasteiger partial charge in [-0.3, -0.25) is 10.1 Å². The van der Waals surface area contributed by atoms with E-state index in [9.17, 15) is 10.1 Å². The van der Waals surface area contributed by atoms with Gasteiger partial charge in [0.25, 0.3) is 5.69 Å². The van der Waals surface area contributed by atoms with Gasteiger partial charge in [-0.1, -0.05) is 13.8 Å². The van der Waals surface area contributed by atoms with Crippen LogP contribution in [0.15, 0.2) is 12.3 Å². The SMILES string of the molecule is CC1CCC(Nc2ncc([N+](=O)[O-])cc2C#N)C(C)C1. The van der Waals surface area contributed by atoms with Crippen molar-refractivity contribution in [3.05, 3.63) is 27.9 Å². The zero-order chi connectivity index (χ0) is 14.7. The van der Waals surface area contributed by atoms with Crippen LogP contribution in [0.1, 0.15) is 38.7 Å². The predicted octanol–water partition coefficient (Wildman–Crippen LogP) is 3.10. The number of hydrogen-bond donors (Lipinski definition) is 1. The summed E-state index contributed by atoms with van der Waals surface area (Å²) in [6.07, 6.45) is 4.52. The van der Waals surface area contributed by atoms with Gasteiger partial charge in [-0.15, -0.1) is 0 Å². The lowest BCUT2D eigenvalue weighted by Gasteiger charge is -2.33. The summed E-state index contributed by atoms with van der Waals surface area (Å²) >= 11 is 0. The van der Waals surface area contributed by atoms with Gasteiger partial charge in [-0.25, -0.2) is 4.98 Å². The molecule has 3 unspecified atom stereocenters. The molecule has 0 saturated heterocycles. The van der Waals surface area contributed by atoms with Crippen molar-refractivity contribution >= 4 is 11.5 Å². The minimum Gasteiger partial charge on any atom is -0.366 e. The van der Waals surface area contributed by atoms with E-state index in [-0.39, 0.29) is 17.3 Å². The van der Waals surface area contributed by atoms with E-state index in [0.29, 0.717) is 11.7 Å². The highest BCUT2D eigenvalue weighted by Crippen LogP contribution is 2.31. The molecule has 1 N–H and O–H groups in total. The lowest BCUT2D eigenvalue weighted by molar-refractivity contribution is -0.385. The molecule has 106 valence electrons. The van der Waals surface area contributed by atoms with Gasteiger partial charge < -0.3 is 5.32 Å². The first-order chi connectivity index (χ1) is 9.51. The third-order valence-electron chi connectivity index (χ3n) is 3.96. The van der Waals surface area contributed by atoms with Crippen LogP contribution in [0.25, 0.3) is 0 Å². The summed E-state index contributed by atoms with van der Waals surface area (Å²) in [5.74, 6) is 1.68. The first-order valence-electron chi connectivity index (χ1n) is 6.82. The molecule has 0 amide bonds. The van der Waals surface area contributed by atoms with Crippen LogP contribution in [0.2, 0.25) is 0 Å². The van der Waals surface area contributed by atoms with Gasteiger partial charge in [0.1, 0.15) is 23.6 Å². The Labute approximate surface area is 118 Å². The van der Waals surface area contributed by atoms with Gasteiger partial charge in [-0.2, -0.15) is 5.26 Å². The Morgan fingerprint density at radius 3 is 2.85 bits per heavy atom. The molecule has 6 nitrogen and oxygen atoms in total. The number of nitro groups is 1. The van der Waals surface area contributed by atoms with Crippen LogP contribution in [0.5, 0.6) is 0 Å². The molecule has 0 aliphatic heterocycles. The second-order valence-corrected chi connectivity index (χ2v) is 5.60. The van der Waals surface area contributed by atoms with Crippen LogP contribution in [-0.4, -0.2) is 15.9 Å². The molecule has 2 rings (SSSR count). The lowest BCUT2D eigenvalue weighted by Crippen LogP contribution is -2.33. The molecular formula is C14H18N4O2. The largest absolute Gasteiger partial charge is 0.366 e. The highest BCUT2D eigenvalue weighted by atomic mass is 16.6. The summed E-state index contributed by atoms with van der Waals surface area (Å²) in [4.78, 5) is 14.2. The Balaban J connectivity index is 2.17. The Morgan fingerprint density at radius 1 is 1.50 bits per heavy atom. The standard InChI is InChI=1S/C14H18N4O2/c1-9-3-4-13(10(2)5-9)17-14-11(7-15)6-12(8-16-14)18(19)20/h6,8-10,13H,3-5H2,1-2H3,(H,16,17). The van der Waals surface area contributed by atoms with E-state index in [0.717, 1.165) is 25.2 Å². The Kier molecular flexibility index (Phi) is 4.18. The highest BCUT2D eigenvalue weighted by Gasteiger charge is 2.26. The summed E-state index contributed by atoms with van der Waals surface area (Å²) in [6.45, 7) is 4.43. The third-order valence-corrected chi connectivity index (χ3v) is 3.96. The molecule has 1 aliphatic rings. The second kappa shape index (κ2) is 5.87. The highest BCUT2D eigenvalue weighted by molar-refractivity contribution is 5.56. The van der Waals surface area contributed by atoms with Crippen LogP contribution >= 0.6 is 0 Å². The molecule has 1 fully saturated rings. The number of nitriles is 1. The first-order valence-corrected chi connectivity index (χ1v) is 6.82. The maximum absolute atomic E-state index is 10.7. The fraction of sp³-hybridized carbons (Fsp3) is 0.571. The van der Waals surface area contributed by atoms with E-state index < -0.39 is 4.92 Å². The normalized spacial score (nSPS) is 25.8. The summed E-state index contributed by atoms with van der Waals surface area (Å²) < 4.78 is 0. The first kappa shape index (κ1) is 14.3. The van der Waals surface area contributed by atoms with E-state index in [1.807, 2.05) is 6.07 Å². The molecule has 20 heavy (non-hydrogen) atoms. The zero-order valence-electron chi connectivity index (χ0n) is 11.7. The number of nitrogens with one attached hydrogen (secondary N) is 1. The Bertz CT molecular complexity index is 553. The van der Waals surface area contributed by atoms with Crippen LogP contribution in [0.4, 0.5) is 11.5 Å². The van der Waals surface area contributed by atoms with Crippen LogP contribution in [-0.2, 0) is 0 Å². The predicted molar refractivity (Wildman–Crippen MR) is 75.2 cm³/mol. The summed E-state index contributed by atoms with van der Waals surface area (Å²) in [5, 5.41) is 23.1. The minimum absolute atomic E-state index is 0.155. The molecule has 1 saturated carbocycles. The molecular weight excluding hydrogens is 256 g/mol. The molecule has 0 radical (unpaired) electrons. The van der Waals surface area contributed by atoms with Crippen molar-refractivity contribution < 1.29 is 4.92 Å². The van der Waals surface area contributed by atoms with E-state index >= 15 is 0 Å². The molecule has 1 heterocycles. The van der Waals surface area contributed by atoms with E-state index in [2.05, 4.69) is 24.1 Å². The van der Waals surface area contributed by atoms with E-state index in [1.165, 1.54) is 12.3 Å². The number of aromatic nitrogens is 1. The molecule has 1 aliphatic carbocycles. The molecule has 6 heteroatoms. The van der Waals surface area contributed by atoms with Gasteiger partial charge in [-0.05, 0) is 31.1 Å². The fourth-order valence-corrected chi connectivity index (χ4v) is 2.81. The summed E-state index contributed by atoms with van der Waals surface area (Å²) in [5.41, 5.74) is 0.0717. The number of rotatable bonds is 3. The van der Waals surface area contributed by atoms with Crippen molar-refractivity contribution in [3.8, 4) is 6.07 Å². The maximum atomic E-state index is 10.7. The second-order valence-electron chi connectivity index (χ2n) is 5.60. The fourth-order valence-electron chi connectivity index (χ4n) is 2.81. The smallest absolute Gasteiger partial charge is 0.289 e. The number of anilines is 1. The maximum Gasteiger partial charge on any atom is 0.289 e. The van der Waals surface area contributed by atoms with E-state index in [4.69, 9.17) is 5.26 Å². The monoisotopic (exact) mass is 274 g/mol. The molecule has 1 aromatic heterocycles. The molecule has 0 aromatic carbocycles. The zero-order valence-corrected chi connectivity index (χ0v) is 11.7. The van der Waals surface area contributed by atoms with Crippen LogP contribution in [0.3, 0.4) is 0 Å².